The molecule has 0 spiro atoms. The molecule has 3 unspecified atom stereocenters. The molecular formula is C91H42Si. The summed E-state index contributed by atoms with van der Waals surface area (Å²) < 4.78 is 0. The predicted molar refractivity (Wildman–Crippen MR) is 402 cm³/mol. The molecule has 0 aromatic heterocycles. The number of hydrogen-bond acceptors (Lipinski definition) is 0. The fraction of sp³-hybridized carbons (Fsp3) is 0.0989. The van der Waals surface area contributed by atoms with Crippen molar-refractivity contribution in [3.8, 4) is 0 Å². The van der Waals surface area contributed by atoms with E-state index in [2.05, 4.69) is 159 Å². The van der Waals surface area contributed by atoms with Gasteiger partial charge in [-0.05, 0) is 326 Å². The molecule has 33 rings (SSSR count). The Morgan fingerprint density at radius 1 is 0.293 bits per heavy atom. The Bertz CT molecular complexity index is 7660. The van der Waals surface area contributed by atoms with Gasteiger partial charge in [-0.1, -0.05) is 178 Å². The van der Waals surface area contributed by atoms with Gasteiger partial charge < -0.3 is 0 Å². The molecule has 0 N–H and O–H groups in total. The predicted octanol–water partition coefficient (Wildman–Crippen LogP) is 25.4. The molecule has 0 saturated carbocycles. The number of fused-ring (bicyclic) bond motifs is 10. The van der Waals surface area contributed by atoms with E-state index in [1.165, 1.54) is 146 Å². The topological polar surface area (TPSA) is 0 Å². The Kier molecular flexibility index (Phi) is 5.47. The summed E-state index contributed by atoms with van der Waals surface area (Å²) in [6.45, 7) is 9.37. The van der Waals surface area contributed by atoms with Crippen LogP contribution in [-0.2, 0) is 5.41 Å². The van der Waals surface area contributed by atoms with Crippen molar-refractivity contribution in [1.82, 2.24) is 0 Å². The molecule has 0 amide bonds. The highest BCUT2D eigenvalue weighted by molar-refractivity contribution is 6.90. The monoisotopic (exact) mass is 1160 g/mol. The fourth-order valence-electron chi connectivity index (χ4n) is 26.5. The molecular weight excluding hydrogens is 1120 g/mol. The summed E-state index contributed by atoms with van der Waals surface area (Å²) in [5.74, 6) is 1.03. The van der Waals surface area contributed by atoms with Crippen LogP contribution in [0.2, 0.25) is 19.1 Å². The Morgan fingerprint density at radius 2 is 0.576 bits per heavy atom. The van der Waals surface area contributed by atoms with Crippen molar-refractivity contribution < 1.29 is 0 Å². The van der Waals surface area contributed by atoms with Gasteiger partial charge in [0.25, 0.3) is 0 Å². The quantitative estimate of drug-likeness (QED) is 0.122. The van der Waals surface area contributed by atoms with Crippen LogP contribution in [0.3, 0.4) is 0 Å². The molecule has 0 fully saturated rings. The maximum atomic E-state index is 2.77. The second kappa shape index (κ2) is 11.8. The minimum Gasteiger partial charge on any atom is -0.0791 e. The van der Waals surface area contributed by atoms with E-state index in [4.69, 9.17) is 0 Å². The lowest BCUT2D eigenvalue weighted by Gasteiger charge is -2.50. The van der Waals surface area contributed by atoms with Crippen molar-refractivity contribution in [1.29, 1.82) is 0 Å². The first-order chi connectivity index (χ1) is 45.5. The molecule has 0 nitrogen and oxygen atoms in total. The third-order valence-electron chi connectivity index (χ3n) is 28.5. The number of hydrogen-bond donors (Lipinski definition) is 0. The number of benzene rings is 19. The fourth-order valence-corrected chi connectivity index (χ4v) is 29.8. The lowest BCUT2D eigenvalue weighted by Crippen LogP contribution is -2.50. The smallest absolute Gasteiger partial charge is 0.0791 e. The van der Waals surface area contributed by atoms with Crippen molar-refractivity contribution in [2.45, 2.75) is 56.7 Å². The summed E-state index contributed by atoms with van der Waals surface area (Å²) in [6.07, 6.45) is 3.92. The van der Waals surface area contributed by atoms with E-state index in [-0.39, 0.29) is 5.41 Å². The number of rotatable bonds is 3. The average Bonchev–Trinajstić information content (AvgIpc) is 1.44. The zero-order chi connectivity index (χ0) is 58.0. The minimum absolute atomic E-state index is 0.00426. The molecule has 0 bridgehead atoms. The van der Waals surface area contributed by atoms with Crippen LogP contribution in [0.4, 0.5) is 0 Å². The van der Waals surface area contributed by atoms with Crippen LogP contribution in [-0.4, -0.2) is 8.07 Å². The second-order valence-corrected chi connectivity index (χ2v) is 35.8. The van der Waals surface area contributed by atoms with E-state index < -0.39 is 8.07 Å². The van der Waals surface area contributed by atoms with Crippen molar-refractivity contribution in [3.05, 3.63) is 168 Å². The molecule has 0 saturated heterocycles. The van der Waals surface area contributed by atoms with E-state index in [1.54, 1.807) is 173 Å². The lowest BCUT2D eigenvalue weighted by atomic mass is 9.57. The molecule has 4 aliphatic rings. The molecule has 0 heterocycles. The molecule has 92 heavy (non-hydrogen) atoms. The second-order valence-electron chi connectivity index (χ2n) is 31.1. The number of allylic oxidation sites excluding steroid dienone is 2. The molecule has 3 atom stereocenters. The zero-order valence-corrected chi connectivity index (χ0v) is 51.4. The third-order valence-corrected chi connectivity index (χ3v) is 31.8. The van der Waals surface area contributed by atoms with Gasteiger partial charge in [0.05, 0.1) is 8.07 Å². The van der Waals surface area contributed by atoms with Gasteiger partial charge in [-0.25, -0.2) is 0 Å². The van der Waals surface area contributed by atoms with Gasteiger partial charge in [0.2, 0.25) is 0 Å². The van der Waals surface area contributed by atoms with Gasteiger partial charge >= 0.3 is 0 Å². The van der Waals surface area contributed by atoms with Crippen LogP contribution in [0, 0.1) is 0 Å². The van der Waals surface area contributed by atoms with Crippen LogP contribution in [0.5, 0.6) is 0 Å². The Morgan fingerprint density at radius 3 is 0.935 bits per heavy atom. The lowest BCUT2D eigenvalue weighted by molar-refractivity contribution is 0.406. The highest BCUT2D eigenvalue weighted by Crippen LogP contribution is 2.78. The van der Waals surface area contributed by atoms with Gasteiger partial charge in [-0.3, -0.25) is 0 Å². The van der Waals surface area contributed by atoms with Crippen LogP contribution >= 0.6 is 0 Å². The van der Waals surface area contributed by atoms with Crippen LogP contribution in [0.15, 0.2) is 146 Å². The van der Waals surface area contributed by atoms with Crippen molar-refractivity contribution in [2.24, 2.45) is 0 Å². The Hall–Kier alpha value is -10.4. The molecule has 29 aromatic carbocycles. The summed E-state index contributed by atoms with van der Waals surface area (Å²) in [4.78, 5) is 0. The SMILES string of the molecule is CC.C[Si](C)(CC12C3=CCC4c5ccc6c7ccc8c9ccc%10c%11ccc3c3c1c1c%12c(c5c6c5c7c8c6c9c%10c(c3%11)c1c6c%125)C42)c1ccccc1.c1cc2c3ccc4c5ccc6c7ccc8c9ccc%10c1c1c2c2c3c4c3c5c6c4c7c8c5c9c%10c1c1c2c3c4c51. The van der Waals surface area contributed by atoms with E-state index in [0.29, 0.717) is 11.8 Å². The maximum Gasteiger partial charge on any atom is 0.0818 e. The third kappa shape index (κ3) is 3.30. The van der Waals surface area contributed by atoms with Gasteiger partial charge in [-0.15, -0.1) is 0 Å². The maximum absolute atomic E-state index is 2.77. The first-order valence-electron chi connectivity index (χ1n) is 34.4. The molecule has 4 aliphatic carbocycles. The minimum atomic E-state index is -1.93. The average molecular weight is 1160 g/mol. The summed E-state index contributed by atoms with van der Waals surface area (Å²) in [5.41, 5.74) is 8.41. The van der Waals surface area contributed by atoms with Crippen molar-refractivity contribution in [2.75, 3.05) is 0 Å². The van der Waals surface area contributed by atoms with E-state index in [1.807, 2.05) is 13.8 Å². The molecule has 0 aliphatic heterocycles. The normalized spacial score (nSPS) is 19.2. The summed E-state index contributed by atoms with van der Waals surface area (Å²) in [5, 5.41) is 81.7. The van der Waals surface area contributed by atoms with Gasteiger partial charge in [-0.2, -0.15) is 0 Å². The largest absolute Gasteiger partial charge is 0.0818 e. The first-order valence-corrected chi connectivity index (χ1v) is 37.6. The summed E-state index contributed by atoms with van der Waals surface area (Å²) in [6, 6.07) is 57.7. The van der Waals surface area contributed by atoms with Crippen molar-refractivity contribution in [3.63, 3.8) is 0 Å². The molecule has 410 valence electrons. The summed E-state index contributed by atoms with van der Waals surface area (Å²) >= 11 is 0. The van der Waals surface area contributed by atoms with Gasteiger partial charge in [0.15, 0.2) is 0 Å². The van der Waals surface area contributed by atoms with E-state index >= 15 is 0 Å². The summed E-state index contributed by atoms with van der Waals surface area (Å²) in [7, 11) is -1.93. The van der Waals surface area contributed by atoms with E-state index in [0.717, 1.165) is 6.42 Å². The van der Waals surface area contributed by atoms with E-state index in [9.17, 15) is 0 Å². The highest BCUT2D eigenvalue weighted by Gasteiger charge is 2.63. The standard InChI is InChI=1S/C49H26Si.C40H10.C2H6/c1-50(2,19-6-4-3-5-7-19)18-49-29-17-16-27-26-13-12-23-22-9-8-20-21-10-11-24-25-14-15-28(29)37-36(25)40-33(24)32(21)38-30(20)31(22)39-34(23)35(26)45(47(27)49)44-42(39)41(38)43(40)46(44)48(37)49;1-2-12-14-5-6-16-18-9-10-20-19-8-7-17-15-4-3-13-11(1)21-22(12)32-24(14)26(16)34-29(18)30(20)35-28(19)27(17)33-25(15)23(13)31(21)36-37(32)39(34)40(35)38(33)36;1-2/h3-15,17,27,47H,16,18H2,1-2H3;1-10H;1-2H3. The molecule has 1 heteroatoms. The molecule has 0 radical (unpaired) electrons. The van der Waals surface area contributed by atoms with Crippen LogP contribution in [0.1, 0.15) is 54.4 Å². The Labute approximate surface area is 520 Å². The van der Waals surface area contributed by atoms with Crippen LogP contribution < -0.4 is 5.19 Å². The van der Waals surface area contributed by atoms with Gasteiger partial charge in [0, 0.05) is 11.3 Å². The van der Waals surface area contributed by atoms with Crippen LogP contribution in [0.25, 0.3) is 286 Å². The zero-order valence-electron chi connectivity index (χ0n) is 50.4. The Balaban J connectivity index is 0.000000101. The molecule has 29 aromatic rings. The van der Waals surface area contributed by atoms with Crippen molar-refractivity contribution >= 4 is 299 Å². The highest BCUT2D eigenvalue weighted by atomic mass is 28.3. The van der Waals surface area contributed by atoms with Gasteiger partial charge in [0.1, 0.15) is 0 Å². The first kappa shape index (κ1) is 42.5.